The maximum absolute atomic E-state index is 12.1. The number of carboxylic acid groups (broad SMARTS) is 1. The first-order chi connectivity index (χ1) is 9.26. The summed E-state index contributed by atoms with van der Waals surface area (Å²) in [5.41, 5.74) is 0.0663. The van der Waals surface area contributed by atoms with Gasteiger partial charge in [-0.1, -0.05) is 20.3 Å². The van der Waals surface area contributed by atoms with Gasteiger partial charge in [0.05, 0.1) is 10.5 Å². The minimum absolute atomic E-state index is 0.0663. The van der Waals surface area contributed by atoms with Crippen molar-refractivity contribution in [1.29, 1.82) is 0 Å². The van der Waals surface area contributed by atoms with Crippen LogP contribution in [0.5, 0.6) is 0 Å². The standard InChI is InChI=1S/C14H21NO4S/c1-4-10(2)9-11(3)15-20(18,19)13-7-5-12(6-8-13)14(16)17/h5-8,10-11,15H,4,9H2,1-3H3,(H,16,17). The lowest BCUT2D eigenvalue weighted by atomic mass is 10.0. The normalized spacial score (nSPS) is 14.8. The molecular formula is C14H21NO4S. The molecule has 0 aromatic heterocycles. The van der Waals surface area contributed by atoms with E-state index in [9.17, 15) is 13.2 Å². The Bertz CT molecular complexity index is 551. The molecule has 0 saturated carbocycles. The second kappa shape index (κ2) is 6.85. The number of rotatable bonds is 7. The Morgan fingerprint density at radius 2 is 1.80 bits per heavy atom. The maximum atomic E-state index is 12.1. The van der Waals surface area contributed by atoms with Crippen molar-refractivity contribution in [3.63, 3.8) is 0 Å². The van der Waals surface area contributed by atoms with Crippen LogP contribution >= 0.6 is 0 Å². The fourth-order valence-corrected chi connectivity index (χ4v) is 3.18. The summed E-state index contributed by atoms with van der Waals surface area (Å²) in [5.74, 6) is -0.630. The molecule has 2 unspecified atom stereocenters. The average molecular weight is 299 g/mol. The molecule has 0 aliphatic rings. The van der Waals surface area contributed by atoms with E-state index >= 15 is 0 Å². The Labute approximate surface area is 120 Å². The van der Waals surface area contributed by atoms with Gasteiger partial charge < -0.3 is 5.11 Å². The molecule has 5 nitrogen and oxygen atoms in total. The molecular weight excluding hydrogens is 278 g/mol. The maximum Gasteiger partial charge on any atom is 0.335 e. The van der Waals surface area contributed by atoms with Crippen molar-refractivity contribution in [1.82, 2.24) is 4.72 Å². The zero-order chi connectivity index (χ0) is 15.3. The molecule has 0 aliphatic carbocycles. The van der Waals surface area contributed by atoms with Gasteiger partial charge in [0.15, 0.2) is 0 Å². The van der Waals surface area contributed by atoms with Gasteiger partial charge in [0.25, 0.3) is 0 Å². The van der Waals surface area contributed by atoms with Crippen LogP contribution in [0.3, 0.4) is 0 Å². The molecule has 1 aromatic carbocycles. The number of carbonyl (C=O) groups is 1. The Balaban J connectivity index is 2.80. The molecule has 2 N–H and O–H groups in total. The monoisotopic (exact) mass is 299 g/mol. The van der Waals surface area contributed by atoms with E-state index in [0.717, 1.165) is 12.8 Å². The molecule has 0 aliphatic heterocycles. The highest BCUT2D eigenvalue weighted by molar-refractivity contribution is 7.89. The predicted octanol–water partition coefficient (Wildman–Crippen LogP) is 2.49. The number of carboxylic acids is 1. The summed E-state index contributed by atoms with van der Waals surface area (Å²) in [7, 11) is -3.60. The third-order valence-corrected chi connectivity index (χ3v) is 4.83. The molecule has 2 atom stereocenters. The van der Waals surface area contributed by atoms with Crippen LogP contribution in [-0.2, 0) is 10.0 Å². The second-order valence-corrected chi connectivity index (χ2v) is 6.81. The van der Waals surface area contributed by atoms with Gasteiger partial charge in [0.2, 0.25) is 10.0 Å². The molecule has 0 bridgehead atoms. The van der Waals surface area contributed by atoms with Crippen LogP contribution in [-0.4, -0.2) is 25.5 Å². The molecule has 0 saturated heterocycles. The average Bonchev–Trinajstić information content (AvgIpc) is 2.37. The van der Waals surface area contributed by atoms with Crippen molar-refractivity contribution in [2.24, 2.45) is 5.92 Å². The third kappa shape index (κ3) is 4.61. The quantitative estimate of drug-likeness (QED) is 0.810. The van der Waals surface area contributed by atoms with Crippen LogP contribution in [0.2, 0.25) is 0 Å². The summed E-state index contributed by atoms with van der Waals surface area (Å²) in [6, 6.07) is 5.03. The van der Waals surface area contributed by atoms with Crippen LogP contribution in [0.25, 0.3) is 0 Å². The van der Waals surface area contributed by atoms with Crippen molar-refractivity contribution in [3.8, 4) is 0 Å². The van der Waals surface area contributed by atoms with E-state index in [-0.39, 0.29) is 16.5 Å². The lowest BCUT2D eigenvalue weighted by Crippen LogP contribution is -2.33. The van der Waals surface area contributed by atoms with E-state index in [0.29, 0.717) is 5.92 Å². The number of nitrogens with one attached hydrogen (secondary N) is 1. The third-order valence-electron chi connectivity index (χ3n) is 3.22. The van der Waals surface area contributed by atoms with E-state index in [2.05, 4.69) is 18.6 Å². The van der Waals surface area contributed by atoms with Gasteiger partial charge in [-0.2, -0.15) is 0 Å². The first-order valence-corrected chi connectivity index (χ1v) is 8.10. The minimum Gasteiger partial charge on any atom is -0.478 e. The zero-order valence-electron chi connectivity index (χ0n) is 12.0. The van der Waals surface area contributed by atoms with Crippen LogP contribution in [0.1, 0.15) is 44.0 Å². The summed E-state index contributed by atoms with van der Waals surface area (Å²) >= 11 is 0. The minimum atomic E-state index is -3.60. The summed E-state index contributed by atoms with van der Waals surface area (Å²) in [6.45, 7) is 5.97. The van der Waals surface area contributed by atoms with Crippen molar-refractivity contribution < 1.29 is 18.3 Å². The molecule has 6 heteroatoms. The summed E-state index contributed by atoms with van der Waals surface area (Å²) in [5, 5.41) is 8.79. The molecule has 0 spiro atoms. The zero-order valence-corrected chi connectivity index (χ0v) is 12.8. The molecule has 0 fully saturated rings. The largest absolute Gasteiger partial charge is 0.478 e. The van der Waals surface area contributed by atoms with E-state index in [1.165, 1.54) is 24.3 Å². The van der Waals surface area contributed by atoms with Crippen LogP contribution in [0.4, 0.5) is 0 Å². The number of hydrogen-bond donors (Lipinski definition) is 2. The highest BCUT2D eigenvalue weighted by Gasteiger charge is 2.18. The van der Waals surface area contributed by atoms with Gasteiger partial charge in [-0.3, -0.25) is 0 Å². The first kappa shape index (κ1) is 16.7. The molecule has 0 radical (unpaired) electrons. The first-order valence-electron chi connectivity index (χ1n) is 6.62. The lowest BCUT2D eigenvalue weighted by molar-refractivity contribution is 0.0696. The molecule has 0 amide bonds. The van der Waals surface area contributed by atoms with Crippen molar-refractivity contribution in [2.45, 2.75) is 44.6 Å². The summed E-state index contributed by atoms with van der Waals surface area (Å²) in [6.07, 6.45) is 1.77. The van der Waals surface area contributed by atoms with Crippen molar-refractivity contribution in [2.75, 3.05) is 0 Å². The topological polar surface area (TPSA) is 83.5 Å². The lowest BCUT2D eigenvalue weighted by Gasteiger charge is -2.17. The SMILES string of the molecule is CCC(C)CC(C)NS(=O)(=O)c1ccc(C(=O)O)cc1. The van der Waals surface area contributed by atoms with E-state index in [1.807, 2.05) is 6.92 Å². The van der Waals surface area contributed by atoms with E-state index in [4.69, 9.17) is 5.11 Å². The Morgan fingerprint density at radius 3 is 2.25 bits per heavy atom. The number of benzene rings is 1. The highest BCUT2D eigenvalue weighted by atomic mass is 32.2. The predicted molar refractivity (Wildman–Crippen MR) is 77.3 cm³/mol. The van der Waals surface area contributed by atoms with Gasteiger partial charge in [-0.15, -0.1) is 0 Å². The van der Waals surface area contributed by atoms with Crippen molar-refractivity contribution >= 4 is 16.0 Å². The van der Waals surface area contributed by atoms with Crippen LogP contribution < -0.4 is 4.72 Å². The number of aromatic carboxylic acids is 1. The summed E-state index contributed by atoms with van der Waals surface area (Å²) in [4.78, 5) is 10.8. The molecule has 112 valence electrons. The van der Waals surface area contributed by atoms with Crippen LogP contribution in [0.15, 0.2) is 29.2 Å². The van der Waals surface area contributed by atoms with Gasteiger partial charge in [0, 0.05) is 6.04 Å². The highest BCUT2D eigenvalue weighted by Crippen LogP contribution is 2.14. The fourth-order valence-electron chi connectivity index (χ4n) is 1.93. The Hall–Kier alpha value is -1.40. The van der Waals surface area contributed by atoms with E-state index < -0.39 is 16.0 Å². The fraction of sp³-hybridized carbons (Fsp3) is 0.500. The molecule has 20 heavy (non-hydrogen) atoms. The van der Waals surface area contributed by atoms with Crippen LogP contribution in [0, 0.1) is 5.92 Å². The van der Waals surface area contributed by atoms with Gasteiger partial charge >= 0.3 is 5.97 Å². The number of sulfonamides is 1. The second-order valence-electron chi connectivity index (χ2n) is 5.10. The molecule has 1 aromatic rings. The Morgan fingerprint density at radius 1 is 1.25 bits per heavy atom. The molecule has 0 heterocycles. The van der Waals surface area contributed by atoms with E-state index in [1.54, 1.807) is 0 Å². The van der Waals surface area contributed by atoms with Gasteiger partial charge in [0.1, 0.15) is 0 Å². The van der Waals surface area contributed by atoms with Gasteiger partial charge in [-0.25, -0.2) is 17.9 Å². The van der Waals surface area contributed by atoms with Crippen molar-refractivity contribution in [3.05, 3.63) is 29.8 Å². The molecule has 1 rings (SSSR count). The smallest absolute Gasteiger partial charge is 0.335 e. The summed E-state index contributed by atoms with van der Waals surface area (Å²) < 4.78 is 26.9. The van der Waals surface area contributed by atoms with Gasteiger partial charge in [-0.05, 0) is 43.5 Å². The number of hydrogen-bond acceptors (Lipinski definition) is 3. The Kier molecular flexibility index (Phi) is 5.71.